The van der Waals surface area contributed by atoms with Gasteiger partial charge in [0.05, 0.1) is 22.1 Å². The molecule has 2 aromatic rings. The molecule has 6 heteroatoms. The highest BCUT2D eigenvalue weighted by Crippen LogP contribution is 2.47. The molecule has 0 bridgehead atoms. The van der Waals surface area contributed by atoms with E-state index < -0.39 is 5.97 Å². The molecule has 0 radical (unpaired) electrons. The number of anilines is 1. The van der Waals surface area contributed by atoms with Gasteiger partial charge in [-0.2, -0.15) is 5.26 Å². The van der Waals surface area contributed by atoms with Crippen LogP contribution in [0.4, 0.5) is 5.69 Å². The van der Waals surface area contributed by atoms with E-state index in [0.29, 0.717) is 11.1 Å². The molecule has 1 atom stereocenters. The molecule has 2 N–H and O–H groups in total. The van der Waals surface area contributed by atoms with Crippen LogP contribution in [0.25, 0.3) is 10.4 Å². The lowest BCUT2D eigenvalue weighted by Gasteiger charge is -2.35. The standard InChI is InChI=1S/C24H28N2O3S/c1-24(2)8-7-20-18(11-24)21(23(28)29)22(30-20)17-10-15(12-25)5-6-19(17)26-9-3-4-16(13-26)14-27/h5-6,10,16,27H,3-4,7-9,11,13-14H2,1-2H3,(H,28,29). The van der Waals surface area contributed by atoms with E-state index in [1.54, 1.807) is 17.4 Å². The van der Waals surface area contributed by atoms with Gasteiger partial charge in [-0.05, 0) is 67.2 Å². The van der Waals surface area contributed by atoms with Crippen molar-refractivity contribution < 1.29 is 15.0 Å². The van der Waals surface area contributed by atoms with Gasteiger partial charge in [-0.25, -0.2) is 4.79 Å². The first kappa shape index (κ1) is 20.9. The SMILES string of the molecule is CC1(C)CCc2sc(-c3cc(C#N)ccc3N3CCCC(CO)C3)c(C(=O)O)c2C1. The second-order valence-corrected chi connectivity index (χ2v) is 10.4. The van der Waals surface area contributed by atoms with Gasteiger partial charge < -0.3 is 15.1 Å². The van der Waals surface area contributed by atoms with Gasteiger partial charge in [-0.3, -0.25) is 0 Å². The summed E-state index contributed by atoms with van der Waals surface area (Å²) in [6, 6.07) is 7.80. The summed E-state index contributed by atoms with van der Waals surface area (Å²) in [7, 11) is 0. The number of aliphatic hydroxyl groups excluding tert-OH is 1. The average molecular weight is 425 g/mol. The van der Waals surface area contributed by atoms with Crippen LogP contribution < -0.4 is 4.90 Å². The fourth-order valence-corrected chi connectivity index (χ4v) is 6.17. The van der Waals surface area contributed by atoms with Crippen molar-refractivity contribution in [3.63, 3.8) is 0 Å². The van der Waals surface area contributed by atoms with Gasteiger partial charge in [-0.1, -0.05) is 13.8 Å². The minimum absolute atomic E-state index is 0.0914. The Kier molecular flexibility index (Phi) is 5.61. The first-order chi connectivity index (χ1) is 14.3. The fraction of sp³-hybridized carbons (Fsp3) is 0.500. The molecule has 0 spiro atoms. The van der Waals surface area contributed by atoms with Crippen LogP contribution in [0.3, 0.4) is 0 Å². The van der Waals surface area contributed by atoms with E-state index in [1.807, 2.05) is 12.1 Å². The maximum atomic E-state index is 12.4. The lowest BCUT2D eigenvalue weighted by Crippen LogP contribution is -2.37. The Morgan fingerprint density at radius 3 is 2.90 bits per heavy atom. The minimum atomic E-state index is -0.889. The van der Waals surface area contributed by atoms with Gasteiger partial charge in [0, 0.05) is 35.8 Å². The van der Waals surface area contributed by atoms with Gasteiger partial charge in [0.2, 0.25) is 0 Å². The van der Waals surface area contributed by atoms with Crippen molar-refractivity contribution >= 4 is 23.0 Å². The Labute approximate surface area is 181 Å². The highest BCUT2D eigenvalue weighted by Gasteiger charge is 2.34. The van der Waals surface area contributed by atoms with E-state index >= 15 is 0 Å². The maximum Gasteiger partial charge on any atom is 0.337 e. The zero-order valence-corrected chi connectivity index (χ0v) is 18.4. The first-order valence-corrected chi connectivity index (χ1v) is 11.4. The van der Waals surface area contributed by atoms with Crippen LogP contribution in [0, 0.1) is 22.7 Å². The number of aromatic carboxylic acids is 1. The molecule has 0 saturated carbocycles. The van der Waals surface area contributed by atoms with Crippen LogP contribution in [0.1, 0.15) is 59.5 Å². The Hall–Kier alpha value is -2.36. The second kappa shape index (κ2) is 8.05. The topological polar surface area (TPSA) is 84.6 Å². The molecule has 1 saturated heterocycles. The number of hydrogen-bond donors (Lipinski definition) is 2. The Morgan fingerprint density at radius 1 is 1.40 bits per heavy atom. The second-order valence-electron chi connectivity index (χ2n) is 9.33. The van der Waals surface area contributed by atoms with Crippen LogP contribution >= 0.6 is 11.3 Å². The van der Waals surface area contributed by atoms with Crippen molar-refractivity contribution in [3.8, 4) is 16.5 Å². The number of aliphatic hydroxyl groups is 1. The summed E-state index contributed by atoms with van der Waals surface area (Å²) in [5.41, 5.74) is 3.81. The summed E-state index contributed by atoms with van der Waals surface area (Å²) in [5, 5.41) is 29.3. The number of nitrogens with zero attached hydrogens (tertiary/aromatic N) is 2. The monoisotopic (exact) mass is 424 g/mol. The molecule has 1 aliphatic heterocycles. The number of fused-ring (bicyclic) bond motifs is 1. The van der Waals surface area contributed by atoms with Crippen molar-refractivity contribution in [1.82, 2.24) is 0 Å². The van der Waals surface area contributed by atoms with Crippen molar-refractivity contribution in [2.24, 2.45) is 11.3 Å². The summed E-state index contributed by atoms with van der Waals surface area (Å²) in [4.78, 5) is 16.6. The van der Waals surface area contributed by atoms with E-state index in [1.165, 1.54) is 4.88 Å². The smallest absolute Gasteiger partial charge is 0.337 e. The number of piperidine rings is 1. The third kappa shape index (κ3) is 3.84. The van der Waals surface area contributed by atoms with Crippen molar-refractivity contribution in [2.45, 2.75) is 46.0 Å². The zero-order valence-electron chi connectivity index (χ0n) is 17.6. The van der Waals surface area contributed by atoms with Crippen LogP contribution in [0.15, 0.2) is 18.2 Å². The number of nitriles is 1. The quantitative estimate of drug-likeness (QED) is 0.743. The number of hydrogen-bond acceptors (Lipinski definition) is 5. The molecule has 1 aliphatic carbocycles. The number of carboxylic acids is 1. The lowest BCUT2D eigenvalue weighted by molar-refractivity contribution is 0.0696. The highest BCUT2D eigenvalue weighted by atomic mass is 32.1. The number of aryl methyl sites for hydroxylation is 1. The summed E-state index contributed by atoms with van der Waals surface area (Å²) in [5.74, 6) is -0.668. The Balaban J connectivity index is 1.87. The predicted molar refractivity (Wildman–Crippen MR) is 119 cm³/mol. The molecular formula is C24H28N2O3S. The summed E-state index contributed by atoms with van der Waals surface area (Å²) in [6.07, 6.45) is 4.71. The van der Waals surface area contributed by atoms with Gasteiger partial charge in [-0.15, -0.1) is 11.3 Å². The van der Waals surface area contributed by atoms with Crippen LogP contribution in [0.5, 0.6) is 0 Å². The van der Waals surface area contributed by atoms with E-state index in [4.69, 9.17) is 0 Å². The Morgan fingerprint density at radius 2 is 2.20 bits per heavy atom. The molecule has 1 aromatic carbocycles. The zero-order chi connectivity index (χ0) is 21.5. The molecule has 4 rings (SSSR count). The van der Waals surface area contributed by atoms with Gasteiger partial charge in [0.15, 0.2) is 0 Å². The third-order valence-corrected chi connectivity index (χ3v) is 7.80. The van der Waals surface area contributed by atoms with E-state index in [-0.39, 0.29) is 17.9 Å². The molecule has 5 nitrogen and oxygen atoms in total. The normalized spacial score (nSPS) is 20.5. The molecular weight excluding hydrogens is 396 g/mol. The van der Waals surface area contributed by atoms with Gasteiger partial charge >= 0.3 is 5.97 Å². The van der Waals surface area contributed by atoms with Crippen molar-refractivity contribution in [2.75, 3.05) is 24.6 Å². The molecule has 1 unspecified atom stereocenters. The van der Waals surface area contributed by atoms with Crippen molar-refractivity contribution in [3.05, 3.63) is 39.8 Å². The molecule has 1 fully saturated rings. The molecule has 30 heavy (non-hydrogen) atoms. The maximum absolute atomic E-state index is 12.4. The number of rotatable bonds is 4. The van der Waals surface area contributed by atoms with Gasteiger partial charge in [0.25, 0.3) is 0 Å². The van der Waals surface area contributed by atoms with Crippen LogP contribution in [-0.2, 0) is 12.8 Å². The van der Waals surface area contributed by atoms with Crippen molar-refractivity contribution in [1.29, 1.82) is 5.26 Å². The summed E-state index contributed by atoms with van der Waals surface area (Å²) in [6.45, 7) is 6.17. The third-order valence-electron chi connectivity index (χ3n) is 6.48. The number of benzene rings is 1. The Bertz CT molecular complexity index is 1020. The molecule has 1 aromatic heterocycles. The number of thiophene rings is 1. The average Bonchev–Trinajstić information content (AvgIpc) is 3.10. The lowest BCUT2D eigenvalue weighted by atomic mass is 9.76. The molecule has 2 heterocycles. The minimum Gasteiger partial charge on any atom is -0.478 e. The largest absolute Gasteiger partial charge is 0.478 e. The first-order valence-electron chi connectivity index (χ1n) is 10.6. The summed E-state index contributed by atoms with van der Waals surface area (Å²) >= 11 is 1.58. The number of carboxylic acid groups (broad SMARTS) is 1. The molecule has 158 valence electrons. The van der Waals surface area contributed by atoms with E-state index in [0.717, 1.165) is 66.9 Å². The van der Waals surface area contributed by atoms with E-state index in [2.05, 4.69) is 24.8 Å². The highest BCUT2D eigenvalue weighted by molar-refractivity contribution is 7.16. The van der Waals surface area contributed by atoms with Crippen LogP contribution in [-0.4, -0.2) is 35.9 Å². The fourth-order valence-electron chi connectivity index (χ4n) is 4.83. The molecule has 0 amide bonds. The van der Waals surface area contributed by atoms with Gasteiger partial charge in [0.1, 0.15) is 0 Å². The molecule has 2 aliphatic rings. The van der Waals surface area contributed by atoms with E-state index in [9.17, 15) is 20.3 Å². The van der Waals surface area contributed by atoms with Crippen LogP contribution in [0.2, 0.25) is 0 Å². The predicted octanol–water partition coefficient (Wildman–Crippen LogP) is 4.71. The summed E-state index contributed by atoms with van der Waals surface area (Å²) < 4.78 is 0. The number of carbonyl (C=O) groups is 1.